The van der Waals surface area contributed by atoms with Crippen LogP contribution in [0.1, 0.15) is 0 Å². The van der Waals surface area contributed by atoms with Gasteiger partial charge in [-0.1, -0.05) is 146 Å². The quantitative estimate of drug-likeness (QED) is 0.170. The lowest BCUT2D eigenvalue weighted by Gasteiger charge is -2.16. The van der Waals surface area contributed by atoms with Crippen LogP contribution in [0.5, 0.6) is 0 Å². The van der Waals surface area contributed by atoms with Crippen molar-refractivity contribution in [3.05, 3.63) is 212 Å². The van der Waals surface area contributed by atoms with E-state index in [9.17, 15) is 0 Å². The number of rotatable bonds is 6. The number of nitrogens with zero attached hydrogens (tertiary/aromatic N) is 5. The third-order valence-electron chi connectivity index (χ3n) is 11.7. The van der Waals surface area contributed by atoms with Crippen LogP contribution in [-0.2, 0) is 0 Å². The number of aromatic nitrogens is 5. The van der Waals surface area contributed by atoms with Crippen LogP contribution >= 0.6 is 0 Å². The summed E-state index contributed by atoms with van der Waals surface area (Å²) in [6.07, 6.45) is 0. The van der Waals surface area contributed by atoms with E-state index in [1.807, 2.05) is 0 Å². The van der Waals surface area contributed by atoms with Crippen molar-refractivity contribution in [2.75, 3.05) is 0 Å². The molecule has 276 valence electrons. The summed E-state index contributed by atoms with van der Waals surface area (Å²) < 4.78 is 7.06. The van der Waals surface area contributed by atoms with Crippen molar-refractivity contribution in [3.63, 3.8) is 0 Å². The maximum Gasteiger partial charge on any atom is 0.177 e. The van der Waals surface area contributed by atoms with Crippen molar-refractivity contribution >= 4 is 54.5 Å². The molecule has 0 saturated carbocycles. The van der Waals surface area contributed by atoms with E-state index >= 15 is 0 Å². The molecule has 5 heteroatoms. The first-order chi connectivity index (χ1) is 29.3. The van der Waals surface area contributed by atoms with Crippen LogP contribution in [0.2, 0.25) is 0 Å². The molecule has 5 nitrogen and oxygen atoms in total. The van der Waals surface area contributed by atoms with E-state index in [0.29, 0.717) is 5.82 Å². The minimum Gasteiger partial charge on any atom is -0.309 e. The van der Waals surface area contributed by atoms with E-state index in [1.54, 1.807) is 0 Å². The van der Waals surface area contributed by atoms with Gasteiger partial charge in [0.2, 0.25) is 0 Å². The van der Waals surface area contributed by atoms with Crippen LogP contribution < -0.4 is 0 Å². The maximum absolute atomic E-state index is 5.59. The topological polar surface area (TPSA) is 40.6 Å². The zero-order valence-corrected chi connectivity index (χ0v) is 31.9. The highest BCUT2D eigenvalue weighted by Crippen LogP contribution is 2.42. The molecule has 0 atom stereocenters. The number of benzene rings is 8. The third kappa shape index (κ3) is 5.18. The van der Waals surface area contributed by atoms with E-state index in [0.717, 1.165) is 78.2 Å². The van der Waals surface area contributed by atoms with E-state index < -0.39 is 0 Å². The van der Waals surface area contributed by atoms with Crippen molar-refractivity contribution in [1.29, 1.82) is 0 Å². The van der Waals surface area contributed by atoms with E-state index in [-0.39, 0.29) is 0 Å². The first-order valence-corrected chi connectivity index (χ1v) is 20.0. The molecule has 0 aliphatic heterocycles. The second kappa shape index (κ2) is 13.3. The smallest absolute Gasteiger partial charge is 0.177 e. The zero-order chi connectivity index (χ0) is 38.9. The number of hydrogen-bond acceptors (Lipinski definition) is 2. The van der Waals surface area contributed by atoms with Crippen LogP contribution in [0.4, 0.5) is 0 Å². The lowest BCUT2D eigenvalue weighted by Crippen LogP contribution is -2.03. The molecule has 4 heterocycles. The Hall–Kier alpha value is -8.02. The second-order valence-corrected chi connectivity index (χ2v) is 15.0. The van der Waals surface area contributed by atoms with Crippen molar-refractivity contribution in [2.24, 2.45) is 0 Å². The summed E-state index contributed by atoms with van der Waals surface area (Å²) in [6, 6.07) is 75.4. The normalized spacial score (nSPS) is 11.7. The molecule has 0 unspecified atom stereocenters. The second-order valence-electron chi connectivity index (χ2n) is 15.0. The van der Waals surface area contributed by atoms with Gasteiger partial charge in [-0.25, -0.2) is 9.97 Å². The highest BCUT2D eigenvalue weighted by molar-refractivity contribution is 6.15. The zero-order valence-electron chi connectivity index (χ0n) is 31.9. The van der Waals surface area contributed by atoms with Crippen molar-refractivity contribution in [3.8, 4) is 51.1 Å². The minimum atomic E-state index is 0.649. The van der Waals surface area contributed by atoms with Crippen molar-refractivity contribution in [2.45, 2.75) is 0 Å². The Labute approximate surface area is 340 Å². The molecule has 0 amide bonds. The fourth-order valence-electron chi connectivity index (χ4n) is 9.15. The molecule has 12 rings (SSSR count). The number of fused-ring (bicyclic) bond motifs is 7. The molecule has 0 saturated heterocycles. The van der Waals surface area contributed by atoms with Gasteiger partial charge in [0, 0.05) is 55.1 Å². The lowest BCUT2D eigenvalue weighted by molar-refractivity contribution is 1.08. The first kappa shape index (κ1) is 33.2. The fraction of sp³-hybridized carbons (Fsp3) is 0. The molecule has 4 aromatic heterocycles. The Kier molecular flexibility index (Phi) is 7.47. The standard InChI is InChI=1S/C54H35N5/c1-4-19-37(20-5-1)57-48-31-13-10-18-36(48)34-51(57)54-55-46(44-29-16-27-42-40-25-11-14-32-49(40)58(52(42)44)38-21-6-2-7-22-38)35-47(56-54)45-30-17-28-43-41-26-12-15-33-50(41)59(53(43)45)39-23-8-3-9-24-39/h1-35H. The molecule has 0 spiro atoms. The Bertz CT molecular complexity index is 3360. The van der Waals surface area contributed by atoms with Crippen LogP contribution in [0.15, 0.2) is 212 Å². The van der Waals surface area contributed by atoms with E-state index in [1.165, 1.54) is 21.5 Å². The summed E-state index contributed by atoms with van der Waals surface area (Å²) >= 11 is 0. The molecule has 59 heavy (non-hydrogen) atoms. The SMILES string of the molecule is c1ccc(-n2c(-c3nc(-c4cccc5c6ccccc6n(-c6ccccc6)c45)cc(-c4cccc5c6ccccc6n(-c6ccccc6)c45)n3)cc3ccccc32)cc1. The highest BCUT2D eigenvalue weighted by Gasteiger charge is 2.23. The monoisotopic (exact) mass is 753 g/mol. The van der Waals surface area contributed by atoms with Gasteiger partial charge < -0.3 is 13.7 Å². The molecule has 0 aliphatic rings. The largest absolute Gasteiger partial charge is 0.309 e. The lowest BCUT2D eigenvalue weighted by atomic mass is 10.0. The molecule has 0 bridgehead atoms. The summed E-state index contributed by atoms with van der Waals surface area (Å²) in [7, 11) is 0. The predicted molar refractivity (Wildman–Crippen MR) is 244 cm³/mol. The van der Waals surface area contributed by atoms with Gasteiger partial charge in [-0.3, -0.25) is 0 Å². The third-order valence-corrected chi connectivity index (χ3v) is 11.7. The highest BCUT2D eigenvalue weighted by atomic mass is 15.1. The van der Waals surface area contributed by atoms with Gasteiger partial charge in [-0.05, 0) is 66.7 Å². The van der Waals surface area contributed by atoms with E-state index in [4.69, 9.17) is 9.97 Å². The van der Waals surface area contributed by atoms with Gasteiger partial charge in [-0.2, -0.15) is 0 Å². The van der Waals surface area contributed by atoms with Gasteiger partial charge in [0.15, 0.2) is 5.82 Å². The molecular formula is C54H35N5. The molecule has 0 fully saturated rings. The fourth-order valence-corrected chi connectivity index (χ4v) is 9.15. The van der Waals surface area contributed by atoms with Crippen LogP contribution in [0.3, 0.4) is 0 Å². The minimum absolute atomic E-state index is 0.649. The van der Waals surface area contributed by atoms with Gasteiger partial charge in [-0.15, -0.1) is 0 Å². The molecule has 0 aliphatic carbocycles. The Morgan fingerprint density at radius 2 is 0.712 bits per heavy atom. The predicted octanol–water partition coefficient (Wildman–Crippen LogP) is 13.6. The molecule has 12 aromatic rings. The summed E-state index contributed by atoms with van der Waals surface area (Å²) in [5.41, 5.74) is 13.5. The number of para-hydroxylation sites is 8. The van der Waals surface area contributed by atoms with Crippen LogP contribution in [0, 0.1) is 0 Å². The molecule has 8 aromatic carbocycles. The van der Waals surface area contributed by atoms with Gasteiger partial charge in [0.25, 0.3) is 0 Å². The first-order valence-electron chi connectivity index (χ1n) is 20.0. The van der Waals surface area contributed by atoms with Crippen molar-refractivity contribution in [1.82, 2.24) is 23.7 Å². The van der Waals surface area contributed by atoms with Crippen LogP contribution in [-0.4, -0.2) is 23.7 Å². The van der Waals surface area contributed by atoms with Gasteiger partial charge in [0.1, 0.15) is 0 Å². The van der Waals surface area contributed by atoms with E-state index in [2.05, 4.69) is 226 Å². The van der Waals surface area contributed by atoms with Gasteiger partial charge >= 0.3 is 0 Å². The molecule has 0 radical (unpaired) electrons. The maximum atomic E-state index is 5.59. The average molecular weight is 754 g/mol. The summed E-state index contributed by atoms with van der Waals surface area (Å²) in [4.78, 5) is 11.2. The molecule has 0 N–H and O–H groups in total. The number of hydrogen-bond donors (Lipinski definition) is 0. The Morgan fingerprint density at radius 1 is 0.305 bits per heavy atom. The summed E-state index contributed by atoms with van der Waals surface area (Å²) in [5, 5.41) is 5.87. The summed E-state index contributed by atoms with van der Waals surface area (Å²) in [6.45, 7) is 0. The summed E-state index contributed by atoms with van der Waals surface area (Å²) in [5.74, 6) is 0.649. The average Bonchev–Trinajstić information content (AvgIpc) is 3.98. The van der Waals surface area contributed by atoms with Crippen molar-refractivity contribution < 1.29 is 0 Å². The van der Waals surface area contributed by atoms with Gasteiger partial charge in [0.05, 0.1) is 44.7 Å². The molecular weight excluding hydrogens is 719 g/mol. The Balaban J connectivity index is 1.22. The Morgan fingerprint density at radius 3 is 1.22 bits per heavy atom. The van der Waals surface area contributed by atoms with Crippen LogP contribution in [0.25, 0.3) is 106 Å².